The van der Waals surface area contributed by atoms with Crippen molar-refractivity contribution in [1.29, 1.82) is 0 Å². The first-order chi connectivity index (χ1) is 9.88. The van der Waals surface area contributed by atoms with Crippen LogP contribution in [0.5, 0.6) is 0 Å². The zero-order valence-electron chi connectivity index (χ0n) is 10.8. The Bertz CT molecular complexity index is 715. The monoisotopic (exact) mass is 296 g/mol. The Morgan fingerprint density at radius 3 is 2.76 bits per heavy atom. The van der Waals surface area contributed by atoms with E-state index in [2.05, 4.69) is 10.4 Å². The normalized spacial score (nSPS) is 10.4. The molecule has 0 bridgehead atoms. The highest BCUT2D eigenvalue weighted by Crippen LogP contribution is 2.22. The molecule has 2 rings (SSSR count). The van der Waals surface area contributed by atoms with E-state index >= 15 is 0 Å². The van der Waals surface area contributed by atoms with E-state index in [-0.39, 0.29) is 6.54 Å². The minimum atomic E-state index is -1.37. The molecular formula is C12H10F2N4O3. The zero-order chi connectivity index (χ0) is 15.6. The van der Waals surface area contributed by atoms with Crippen molar-refractivity contribution in [2.45, 2.75) is 6.54 Å². The molecule has 1 aromatic carbocycles. The number of benzene rings is 1. The number of halogens is 2. The van der Waals surface area contributed by atoms with Gasteiger partial charge in [0.05, 0.1) is 22.7 Å². The van der Waals surface area contributed by atoms with E-state index in [1.807, 2.05) is 0 Å². The van der Waals surface area contributed by atoms with Crippen molar-refractivity contribution in [1.82, 2.24) is 15.1 Å². The summed E-state index contributed by atoms with van der Waals surface area (Å²) in [5, 5.41) is 16.8. The van der Waals surface area contributed by atoms with E-state index in [0.29, 0.717) is 17.7 Å². The number of nitro groups is 1. The predicted molar refractivity (Wildman–Crippen MR) is 67.4 cm³/mol. The molecule has 1 aromatic heterocycles. The number of hydrogen-bond donors (Lipinski definition) is 1. The summed E-state index contributed by atoms with van der Waals surface area (Å²) in [6, 6.07) is 1.04. The number of aryl methyl sites for hydroxylation is 1. The summed E-state index contributed by atoms with van der Waals surface area (Å²) >= 11 is 0. The van der Waals surface area contributed by atoms with Crippen molar-refractivity contribution in [2.75, 3.05) is 0 Å². The fraction of sp³-hybridized carbons (Fsp3) is 0.167. The molecule has 0 fully saturated rings. The van der Waals surface area contributed by atoms with Crippen LogP contribution < -0.4 is 5.32 Å². The Balaban J connectivity index is 2.21. The molecule has 1 N–H and O–H groups in total. The first kappa shape index (κ1) is 14.6. The van der Waals surface area contributed by atoms with E-state index in [0.717, 1.165) is 0 Å². The second kappa shape index (κ2) is 5.65. The van der Waals surface area contributed by atoms with Gasteiger partial charge >= 0.3 is 5.69 Å². The average molecular weight is 296 g/mol. The van der Waals surface area contributed by atoms with Gasteiger partial charge in [-0.05, 0) is 6.07 Å². The largest absolute Gasteiger partial charge is 0.348 e. The van der Waals surface area contributed by atoms with Crippen LogP contribution >= 0.6 is 0 Å². The SMILES string of the molecule is Cn1cc(CNC(=O)c2cc(F)cc([N+](=O)[O-])c2F)cn1. The van der Waals surface area contributed by atoms with Crippen LogP contribution in [0.25, 0.3) is 0 Å². The molecule has 1 heterocycles. The molecule has 0 aliphatic heterocycles. The quantitative estimate of drug-likeness (QED) is 0.684. The summed E-state index contributed by atoms with van der Waals surface area (Å²) < 4.78 is 28.5. The molecule has 7 nitrogen and oxygen atoms in total. The summed E-state index contributed by atoms with van der Waals surface area (Å²) in [5.41, 5.74) is -1.15. The van der Waals surface area contributed by atoms with Crippen LogP contribution in [-0.2, 0) is 13.6 Å². The second-order valence-corrected chi connectivity index (χ2v) is 4.25. The minimum absolute atomic E-state index is 0.0381. The minimum Gasteiger partial charge on any atom is -0.348 e. The smallest absolute Gasteiger partial charge is 0.308 e. The van der Waals surface area contributed by atoms with Crippen LogP contribution in [0.2, 0.25) is 0 Å². The van der Waals surface area contributed by atoms with Gasteiger partial charge in [-0.3, -0.25) is 19.6 Å². The molecule has 0 atom stereocenters. The molecule has 21 heavy (non-hydrogen) atoms. The molecule has 0 aliphatic rings. The summed E-state index contributed by atoms with van der Waals surface area (Å²) in [4.78, 5) is 21.3. The molecule has 0 saturated heterocycles. The van der Waals surface area contributed by atoms with Crippen LogP contribution in [0.4, 0.5) is 14.5 Å². The van der Waals surface area contributed by atoms with Crippen LogP contribution in [0, 0.1) is 21.7 Å². The van der Waals surface area contributed by atoms with Gasteiger partial charge in [-0.15, -0.1) is 0 Å². The molecular weight excluding hydrogens is 286 g/mol. The lowest BCUT2D eigenvalue weighted by atomic mass is 10.1. The summed E-state index contributed by atoms with van der Waals surface area (Å²) in [7, 11) is 1.68. The molecule has 2 aromatic rings. The molecule has 0 aliphatic carbocycles. The third-order valence-corrected chi connectivity index (χ3v) is 2.67. The number of carbonyl (C=O) groups is 1. The number of rotatable bonds is 4. The second-order valence-electron chi connectivity index (χ2n) is 4.25. The maximum Gasteiger partial charge on any atom is 0.308 e. The molecule has 1 amide bonds. The van der Waals surface area contributed by atoms with Gasteiger partial charge in [0.1, 0.15) is 5.82 Å². The molecule has 110 valence electrons. The summed E-state index contributed by atoms with van der Waals surface area (Å²) in [6.45, 7) is 0.0381. The first-order valence-electron chi connectivity index (χ1n) is 5.77. The topological polar surface area (TPSA) is 90.1 Å². The third kappa shape index (κ3) is 3.19. The fourth-order valence-corrected chi connectivity index (χ4v) is 1.71. The van der Waals surface area contributed by atoms with Crippen LogP contribution in [0.3, 0.4) is 0 Å². The van der Waals surface area contributed by atoms with Crippen molar-refractivity contribution in [2.24, 2.45) is 7.05 Å². The molecule has 0 radical (unpaired) electrons. The number of nitrogens with zero attached hydrogens (tertiary/aromatic N) is 3. The van der Waals surface area contributed by atoms with Gasteiger partial charge in [0.2, 0.25) is 5.82 Å². The van der Waals surface area contributed by atoms with Crippen LogP contribution in [-0.4, -0.2) is 20.6 Å². The standard InChI is InChI=1S/C12H10F2N4O3/c1-17-6-7(5-16-17)4-15-12(19)9-2-8(13)3-10(11(9)14)18(20)21/h2-3,5-6H,4H2,1H3,(H,15,19). The molecule has 0 saturated carbocycles. The lowest BCUT2D eigenvalue weighted by molar-refractivity contribution is -0.387. The lowest BCUT2D eigenvalue weighted by Gasteiger charge is -2.05. The van der Waals surface area contributed by atoms with E-state index < -0.39 is 33.7 Å². The van der Waals surface area contributed by atoms with Crippen molar-refractivity contribution in [3.63, 3.8) is 0 Å². The number of nitro benzene ring substituents is 1. The number of carbonyl (C=O) groups excluding carboxylic acids is 1. The van der Waals surface area contributed by atoms with E-state index in [4.69, 9.17) is 0 Å². The zero-order valence-corrected chi connectivity index (χ0v) is 10.8. The third-order valence-electron chi connectivity index (χ3n) is 2.67. The van der Waals surface area contributed by atoms with E-state index in [1.54, 1.807) is 13.2 Å². The van der Waals surface area contributed by atoms with Crippen LogP contribution in [0.15, 0.2) is 24.5 Å². The first-order valence-corrected chi connectivity index (χ1v) is 5.77. The Morgan fingerprint density at radius 1 is 1.48 bits per heavy atom. The Labute approximate surface area is 117 Å². The van der Waals surface area contributed by atoms with Gasteiger partial charge in [0, 0.05) is 25.4 Å². The molecule has 0 unspecified atom stereocenters. The fourth-order valence-electron chi connectivity index (χ4n) is 1.71. The lowest BCUT2D eigenvalue weighted by Crippen LogP contribution is -2.24. The number of aromatic nitrogens is 2. The van der Waals surface area contributed by atoms with E-state index in [1.165, 1.54) is 10.9 Å². The van der Waals surface area contributed by atoms with Gasteiger partial charge in [0.25, 0.3) is 5.91 Å². The Hall–Kier alpha value is -2.84. The highest BCUT2D eigenvalue weighted by molar-refractivity contribution is 5.95. The van der Waals surface area contributed by atoms with Crippen molar-refractivity contribution >= 4 is 11.6 Å². The van der Waals surface area contributed by atoms with Gasteiger partial charge in [-0.2, -0.15) is 9.49 Å². The Morgan fingerprint density at radius 2 is 2.19 bits per heavy atom. The van der Waals surface area contributed by atoms with Gasteiger partial charge < -0.3 is 5.32 Å². The van der Waals surface area contributed by atoms with Crippen LogP contribution in [0.1, 0.15) is 15.9 Å². The number of amides is 1. The average Bonchev–Trinajstić information content (AvgIpc) is 2.83. The van der Waals surface area contributed by atoms with Crippen molar-refractivity contribution < 1.29 is 18.5 Å². The highest BCUT2D eigenvalue weighted by atomic mass is 19.1. The summed E-state index contributed by atoms with van der Waals surface area (Å²) in [6.07, 6.45) is 3.12. The Kier molecular flexibility index (Phi) is 3.92. The van der Waals surface area contributed by atoms with Gasteiger partial charge in [-0.1, -0.05) is 0 Å². The maximum absolute atomic E-state index is 13.8. The summed E-state index contributed by atoms with van der Waals surface area (Å²) in [5.74, 6) is -3.38. The van der Waals surface area contributed by atoms with Gasteiger partial charge in [-0.25, -0.2) is 4.39 Å². The van der Waals surface area contributed by atoms with Crippen molar-refractivity contribution in [3.8, 4) is 0 Å². The van der Waals surface area contributed by atoms with Gasteiger partial charge in [0.15, 0.2) is 0 Å². The number of hydrogen-bond acceptors (Lipinski definition) is 4. The molecule has 9 heteroatoms. The maximum atomic E-state index is 13.8. The van der Waals surface area contributed by atoms with E-state index in [9.17, 15) is 23.7 Å². The number of nitrogens with one attached hydrogen (secondary N) is 1. The predicted octanol–water partition coefficient (Wildman–Crippen LogP) is 1.54. The highest BCUT2D eigenvalue weighted by Gasteiger charge is 2.24. The molecule has 0 spiro atoms. The van der Waals surface area contributed by atoms with Crippen molar-refractivity contribution in [3.05, 3.63) is 57.4 Å².